The Kier molecular flexibility index (Phi) is 10.8. The number of carbonyl (C=O) groups excluding carboxylic acids is 6. The number of nitrogens with zero attached hydrogens (tertiary/aromatic N) is 1. The van der Waals surface area contributed by atoms with E-state index in [1.807, 2.05) is 0 Å². The number of fused-ring (bicyclic) bond motifs is 1. The van der Waals surface area contributed by atoms with Gasteiger partial charge in [0.15, 0.2) is 11.5 Å². The maximum atomic E-state index is 13.6. The molecular formula is C38H33N3O9. The fraction of sp³-hybridized carbons (Fsp3) is 0.158. The van der Waals surface area contributed by atoms with E-state index in [1.165, 1.54) is 38.3 Å². The van der Waals surface area contributed by atoms with E-state index in [2.05, 4.69) is 10.6 Å². The van der Waals surface area contributed by atoms with Gasteiger partial charge in [0.1, 0.15) is 11.7 Å². The normalized spacial score (nSPS) is 12.9. The summed E-state index contributed by atoms with van der Waals surface area (Å²) < 4.78 is 15.7. The zero-order chi connectivity index (χ0) is 35.8. The van der Waals surface area contributed by atoms with Gasteiger partial charge in [0, 0.05) is 24.6 Å². The molecule has 1 heterocycles. The van der Waals surface area contributed by atoms with E-state index in [0.29, 0.717) is 22.4 Å². The lowest BCUT2D eigenvalue weighted by Crippen LogP contribution is -2.47. The van der Waals surface area contributed by atoms with Crippen molar-refractivity contribution >= 4 is 47.3 Å². The van der Waals surface area contributed by atoms with Crippen LogP contribution in [0.3, 0.4) is 0 Å². The second kappa shape index (κ2) is 15.6. The lowest BCUT2D eigenvalue weighted by atomic mass is 10.0. The van der Waals surface area contributed by atoms with Gasteiger partial charge in [0.2, 0.25) is 0 Å². The van der Waals surface area contributed by atoms with Gasteiger partial charge in [0.25, 0.3) is 23.6 Å². The van der Waals surface area contributed by atoms with Crippen molar-refractivity contribution in [2.45, 2.75) is 26.3 Å². The first kappa shape index (κ1) is 34.8. The smallest absolute Gasteiger partial charge is 0.329 e. The standard InChI is InChI=1S/C38H33N3O9/c1-4-49-38(47)31(41-36(45)28-12-8-9-13-29(28)37(41)46)21-24-14-17-27(18-15-24)39-35(44)30(40-34(43)26-10-6-5-7-11-26)20-25-16-19-32(50-23(2)42)33(22-25)48-3/h5-20,22,31H,4,21H2,1-3H3,(H,39,44)(H,40,43)/b30-20-. The third-order valence-electron chi connectivity index (χ3n) is 7.62. The highest BCUT2D eigenvalue weighted by atomic mass is 16.6. The summed E-state index contributed by atoms with van der Waals surface area (Å²) in [5.41, 5.74) is 2.06. The van der Waals surface area contributed by atoms with Crippen molar-refractivity contribution in [1.82, 2.24) is 10.2 Å². The van der Waals surface area contributed by atoms with Crippen molar-refractivity contribution in [3.63, 3.8) is 0 Å². The molecule has 4 amide bonds. The van der Waals surface area contributed by atoms with E-state index in [-0.39, 0.29) is 41.4 Å². The first-order chi connectivity index (χ1) is 24.1. The van der Waals surface area contributed by atoms with Crippen LogP contribution in [0.2, 0.25) is 0 Å². The Labute approximate surface area is 287 Å². The van der Waals surface area contributed by atoms with Crippen molar-refractivity contribution in [1.29, 1.82) is 0 Å². The molecule has 4 aromatic rings. The van der Waals surface area contributed by atoms with Crippen LogP contribution in [0.25, 0.3) is 6.08 Å². The lowest BCUT2D eigenvalue weighted by molar-refractivity contribution is -0.147. The maximum absolute atomic E-state index is 13.6. The summed E-state index contributed by atoms with van der Waals surface area (Å²) in [6, 6.07) is 24.6. The van der Waals surface area contributed by atoms with Crippen LogP contribution in [0.15, 0.2) is 103 Å². The lowest BCUT2D eigenvalue weighted by Gasteiger charge is -2.24. The monoisotopic (exact) mass is 675 g/mol. The van der Waals surface area contributed by atoms with Crippen LogP contribution >= 0.6 is 0 Å². The van der Waals surface area contributed by atoms with Gasteiger partial charge in [-0.05, 0) is 72.7 Å². The van der Waals surface area contributed by atoms with Crippen LogP contribution in [-0.4, -0.2) is 60.2 Å². The number of hydrogen-bond donors (Lipinski definition) is 2. The molecule has 254 valence electrons. The molecule has 12 heteroatoms. The first-order valence-corrected chi connectivity index (χ1v) is 15.6. The van der Waals surface area contributed by atoms with E-state index in [9.17, 15) is 28.8 Å². The minimum absolute atomic E-state index is 0.0258. The van der Waals surface area contributed by atoms with E-state index in [0.717, 1.165) is 4.90 Å². The molecule has 0 saturated heterocycles. The second-order valence-corrected chi connectivity index (χ2v) is 11.0. The molecule has 2 N–H and O–H groups in total. The Hall–Kier alpha value is -6.56. The number of carbonyl (C=O) groups is 6. The number of nitrogens with one attached hydrogen (secondary N) is 2. The van der Waals surface area contributed by atoms with Crippen molar-refractivity contribution in [2.24, 2.45) is 0 Å². The van der Waals surface area contributed by atoms with Crippen LogP contribution in [0.5, 0.6) is 11.5 Å². The van der Waals surface area contributed by atoms with Gasteiger partial charge >= 0.3 is 11.9 Å². The van der Waals surface area contributed by atoms with Gasteiger partial charge in [-0.15, -0.1) is 0 Å². The summed E-state index contributed by atoms with van der Waals surface area (Å²) in [7, 11) is 1.40. The van der Waals surface area contributed by atoms with Crippen LogP contribution in [0, 0.1) is 0 Å². The van der Waals surface area contributed by atoms with E-state index in [4.69, 9.17) is 14.2 Å². The second-order valence-electron chi connectivity index (χ2n) is 11.0. The molecule has 5 rings (SSSR count). The first-order valence-electron chi connectivity index (χ1n) is 15.6. The van der Waals surface area contributed by atoms with Gasteiger partial charge < -0.3 is 24.8 Å². The zero-order valence-corrected chi connectivity index (χ0v) is 27.4. The molecule has 0 saturated carbocycles. The van der Waals surface area contributed by atoms with E-state index in [1.54, 1.807) is 85.8 Å². The Balaban J connectivity index is 1.37. The quantitative estimate of drug-likeness (QED) is 0.0932. The van der Waals surface area contributed by atoms with Crippen molar-refractivity contribution in [3.05, 3.63) is 131 Å². The van der Waals surface area contributed by atoms with Crippen molar-refractivity contribution < 1.29 is 43.0 Å². The van der Waals surface area contributed by atoms with Crippen LogP contribution in [-0.2, 0) is 25.5 Å². The number of imide groups is 1. The number of benzene rings is 4. The summed E-state index contributed by atoms with van der Waals surface area (Å²) in [4.78, 5) is 78.4. The molecule has 0 aromatic heterocycles. The molecular weight excluding hydrogens is 642 g/mol. The number of esters is 2. The Bertz CT molecular complexity index is 1950. The van der Waals surface area contributed by atoms with Gasteiger partial charge in [-0.1, -0.05) is 48.5 Å². The summed E-state index contributed by atoms with van der Waals surface area (Å²) in [5, 5.41) is 5.42. The molecule has 0 bridgehead atoms. The number of methoxy groups -OCH3 is 1. The Morgan fingerprint density at radius 3 is 2.06 bits per heavy atom. The molecule has 1 unspecified atom stereocenters. The average molecular weight is 676 g/mol. The van der Waals surface area contributed by atoms with Gasteiger partial charge in [-0.25, -0.2) is 4.79 Å². The number of amides is 4. The summed E-state index contributed by atoms with van der Waals surface area (Å²) >= 11 is 0. The molecule has 1 aliphatic heterocycles. The Morgan fingerprint density at radius 1 is 0.820 bits per heavy atom. The van der Waals surface area contributed by atoms with Crippen LogP contribution < -0.4 is 20.1 Å². The van der Waals surface area contributed by atoms with Gasteiger partial charge in [-0.3, -0.25) is 28.9 Å². The summed E-state index contributed by atoms with van der Waals surface area (Å²) in [6.07, 6.45) is 1.42. The molecule has 1 aliphatic rings. The highest BCUT2D eigenvalue weighted by Gasteiger charge is 2.43. The Morgan fingerprint density at radius 2 is 1.46 bits per heavy atom. The molecule has 0 radical (unpaired) electrons. The van der Waals surface area contributed by atoms with Gasteiger partial charge in [0.05, 0.1) is 24.8 Å². The van der Waals surface area contributed by atoms with Crippen LogP contribution in [0.1, 0.15) is 56.0 Å². The SMILES string of the molecule is CCOC(=O)C(Cc1ccc(NC(=O)/C(=C/c2ccc(OC(C)=O)c(OC)c2)NC(=O)c2ccccc2)cc1)N1C(=O)c2ccccc2C1=O. The average Bonchev–Trinajstić information content (AvgIpc) is 3.37. The number of ether oxygens (including phenoxy) is 3. The predicted molar refractivity (Wildman–Crippen MR) is 182 cm³/mol. The molecule has 0 spiro atoms. The summed E-state index contributed by atoms with van der Waals surface area (Å²) in [5.74, 6) is -3.17. The topological polar surface area (TPSA) is 157 Å². The zero-order valence-electron chi connectivity index (χ0n) is 27.4. The number of rotatable bonds is 12. The minimum Gasteiger partial charge on any atom is -0.493 e. The maximum Gasteiger partial charge on any atom is 0.329 e. The van der Waals surface area contributed by atoms with Crippen molar-refractivity contribution in [3.8, 4) is 11.5 Å². The van der Waals surface area contributed by atoms with E-state index < -0.39 is 41.6 Å². The van der Waals surface area contributed by atoms with E-state index >= 15 is 0 Å². The molecule has 4 aromatic carbocycles. The third-order valence-corrected chi connectivity index (χ3v) is 7.62. The molecule has 0 fully saturated rings. The highest BCUT2D eigenvalue weighted by Crippen LogP contribution is 2.30. The minimum atomic E-state index is -1.21. The fourth-order valence-corrected chi connectivity index (χ4v) is 5.28. The van der Waals surface area contributed by atoms with Crippen molar-refractivity contribution in [2.75, 3.05) is 19.0 Å². The molecule has 1 atom stereocenters. The van der Waals surface area contributed by atoms with Crippen LogP contribution in [0.4, 0.5) is 5.69 Å². The predicted octanol–water partition coefficient (Wildman–Crippen LogP) is 4.80. The molecule has 12 nitrogen and oxygen atoms in total. The van der Waals surface area contributed by atoms with Gasteiger partial charge in [-0.2, -0.15) is 0 Å². The fourth-order valence-electron chi connectivity index (χ4n) is 5.28. The number of hydrogen-bond acceptors (Lipinski definition) is 9. The largest absolute Gasteiger partial charge is 0.493 e. The number of anilines is 1. The highest BCUT2D eigenvalue weighted by molar-refractivity contribution is 6.22. The summed E-state index contributed by atoms with van der Waals surface area (Å²) in [6.45, 7) is 2.95. The third kappa shape index (κ3) is 7.93. The molecule has 0 aliphatic carbocycles. The molecule has 50 heavy (non-hydrogen) atoms.